The summed E-state index contributed by atoms with van der Waals surface area (Å²) in [4.78, 5) is 12.4. The minimum absolute atomic E-state index is 0.102. The van der Waals surface area contributed by atoms with Gasteiger partial charge in [-0.3, -0.25) is 0 Å². The minimum atomic E-state index is -3.80. The summed E-state index contributed by atoms with van der Waals surface area (Å²) in [6.45, 7) is 1.62. The van der Waals surface area contributed by atoms with E-state index < -0.39 is 16.0 Å². The number of halogens is 1. The molecular formula is C22H17ClN2O5S. The second kappa shape index (κ2) is 8.41. The van der Waals surface area contributed by atoms with Crippen LogP contribution in [0.3, 0.4) is 0 Å². The summed E-state index contributed by atoms with van der Waals surface area (Å²) < 4.78 is 39.2. The first-order valence-electron chi connectivity index (χ1n) is 9.23. The van der Waals surface area contributed by atoms with Crippen LogP contribution in [0.25, 0.3) is 0 Å². The number of carbonyl (C=O) groups excluding carboxylic acids is 1. The van der Waals surface area contributed by atoms with E-state index in [1.165, 1.54) is 18.2 Å². The van der Waals surface area contributed by atoms with Gasteiger partial charge >= 0.3 is 5.97 Å². The molecule has 3 aromatic carbocycles. The Balaban J connectivity index is 1.53. The molecule has 0 bridgehead atoms. The van der Waals surface area contributed by atoms with Gasteiger partial charge in [-0.1, -0.05) is 35.9 Å². The Morgan fingerprint density at radius 2 is 1.87 bits per heavy atom. The fourth-order valence-corrected chi connectivity index (χ4v) is 4.36. The molecule has 0 aromatic heterocycles. The van der Waals surface area contributed by atoms with Gasteiger partial charge in [0.15, 0.2) is 18.2 Å². The highest BCUT2D eigenvalue weighted by Gasteiger charge is 2.29. The van der Waals surface area contributed by atoms with E-state index in [2.05, 4.69) is 9.71 Å². The van der Waals surface area contributed by atoms with E-state index in [9.17, 15) is 13.2 Å². The normalized spacial score (nSPS) is 13.8. The van der Waals surface area contributed by atoms with Gasteiger partial charge in [-0.05, 0) is 55.0 Å². The van der Waals surface area contributed by atoms with Crippen LogP contribution in [0.1, 0.15) is 11.1 Å². The van der Waals surface area contributed by atoms with Gasteiger partial charge in [0.25, 0.3) is 10.0 Å². The van der Waals surface area contributed by atoms with E-state index in [4.69, 9.17) is 21.1 Å². The number of nitrogens with zero attached hydrogens (tertiary/aromatic N) is 1. The van der Waals surface area contributed by atoms with Gasteiger partial charge in [0.05, 0.1) is 5.69 Å². The first-order chi connectivity index (χ1) is 14.8. The van der Waals surface area contributed by atoms with Crippen molar-refractivity contribution in [1.29, 1.82) is 0 Å². The monoisotopic (exact) mass is 456 g/mol. The highest BCUT2D eigenvalue weighted by Crippen LogP contribution is 2.32. The zero-order valence-corrected chi connectivity index (χ0v) is 17.9. The van der Waals surface area contributed by atoms with Crippen molar-refractivity contribution in [2.24, 2.45) is 4.40 Å². The Morgan fingerprint density at radius 1 is 1.06 bits per heavy atom. The molecule has 0 saturated carbocycles. The number of fused-ring (bicyclic) bond motifs is 1. The maximum atomic E-state index is 12.3. The van der Waals surface area contributed by atoms with Gasteiger partial charge in [-0.15, -0.1) is 4.40 Å². The molecule has 0 atom stereocenters. The third-order valence-electron chi connectivity index (χ3n) is 4.40. The molecule has 7 nitrogen and oxygen atoms in total. The number of anilines is 1. The largest absolute Gasteiger partial charge is 0.482 e. The number of rotatable bonds is 5. The van der Waals surface area contributed by atoms with Crippen molar-refractivity contribution in [3.05, 3.63) is 82.9 Å². The quantitative estimate of drug-likeness (QED) is 0.457. The SMILES string of the molecule is Cc1cccc(OCC(=O)Oc2ccc(Cl)cc2NC2=NS(=O)(=O)c3ccccc32)c1. The Morgan fingerprint density at radius 3 is 2.68 bits per heavy atom. The van der Waals surface area contributed by atoms with Gasteiger partial charge in [-0.2, -0.15) is 8.42 Å². The molecule has 1 heterocycles. The summed E-state index contributed by atoms with van der Waals surface area (Å²) >= 11 is 6.09. The number of sulfonamides is 1. The Hall–Kier alpha value is -3.36. The summed E-state index contributed by atoms with van der Waals surface area (Å²) in [7, 11) is -3.80. The van der Waals surface area contributed by atoms with Crippen molar-refractivity contribution in [3.63, 3.8) is 0 Å². The van der Waals surface area contributed by atoms with E-state index >= 15 is 0 Å². The number of benzene rings is 3. The lowest BCUT2D eigenvalue weighted by molar-refractivity contribution is -0.136. The lowest BCUT2D eigenvalue weighted by atomic mass is 10.2. The van der Waals surface area contributed by atoms with Crippen LogP contribution in [-0.4, -0.2) is 26.8 Å². The van der Waals surface area contributed by atoms with Gasteiger partial charge < -0.3 is 14.8 Å². The summed E-state index contributed by atoms with van der Waals surface area (Å²) in [5, 5.41) is 3.29. The van der Waals surface area contributed by atoms with E-state index in [1.807, 2.05) is 19.1 Å². The van der Waals surface area contributed by atoms with Crippen LogP contribution in [0.5, 0.6) is 11.5 Å². The number of esters is 1. The first-order valence-corrected chi connectivity index (χ1v) is 11.0. The van der Waals surface area contributed by atoms with E-state index in [-0.39, 0.29) is 23.1 Å². The summed E-state index contributed by atoms with van der Waals surface area (Å²) in [5.41, 5.74) is 1.72. The van der Waals surface area contributed by atoms with E-state index in [0.29, 0.717) is 22.0 Å². The molecule has 31 heavy (non-hydrogen) atoms. The highest BCUT2D eigenvalue weighted by molar-refractivity contribution is 7.90. The predicted molar refractivity (Wildman–Crippen MR) is 118 cm³/mol. The molecule has 0 radical (unpaired) electrons. The molecule has 0 spiro atoms. The molecule has 0 unspecified atom stereocenters. The summed E-state index contributed by atoms with van der Waals surface area (Å²) in [5.74, 6) is 0.194. The average Bonchev–Trinajstić information content (AvgIpc) is 2.99. The second-order valence-corrected chi connectivity index (χ2v) is 8.76. The maximum absolute atomic E-state index is 12.3. The van der Waals surface area contributed by atoms with Crippen molar-refractivity contribution in [3.8, 4) is 11.5 Å². The molecule has 158 valence electrons. The minimum Gasteiger partial charge on any atom is -0.482 e. The van der Waals surface area contributed by atoms with Crippen LogP contribution in [0.15, 0.2) is 76.0 Å². The molecule has 4 rings (SSSR count). The Labute approximate surface area is 184 Å². The second-order valence-electron chi connectivity index (χ2n) is 6.76. The third kappa shape index (κ3) is 4.70. The molecule has 3 aromatic rings. The molecule has 1 aliphatic rings. The molecule has 1 N–H and O–H groups in total. The number of carbonyl (C=O) groups is 1. The number of ether oxygens (including phenoxy) is 2. The van der Waals surface area contributed by atoms with Crippen molar-refractivity contribution >= 4 is 39.1 Å². The van der Waals surface area contributed by atoms with Gasteiger partial charge in [0, 0.05) is 10.6 Å². The molecule has 0 fully saturated rings. The van der Waals surface area contributed by atoms with Crippen LogP contribution in [0.4, 0.5) is 5.69 Å². The van der Waals surface area contributed by atoms with Crippen molar-refractivity contribution in [2.45, 2.75) is 11.8 Å². The van der Waals surface area contributed by atoms with Gasteiger partial charge in [-0.25, -0.2) is 4.79 Å². The third-order valence-corrected chi connectivity index (χ3v) is 5.97. The number of nitrogens with one attached hydrogen (secondary N) is 1. The van der Waals surface area contributed by atoms with E-state index in [1.54, 1.807) is 36.4 Å². The lowest BCUT2D eigenvalue weighted by Gasteiger charge is -2.13. The van der Waals surface area contributed by atoms with Crippen molar-refractivity contribution in [1.82, 2.24) is 0 Å². The fourth-order valence-electron chi connectivity index (χ4n) is 3.01. The maximum Gasteiger partial charge on any atom is 0.349 e. The topological polar surface area (TPSA) is 94.1 Å². The molecule has 1 aliphatic heterocycles. The van der Waals surface area contributed by atoms with E-state index in [0.717, 1.165) is 5.56 Å². The smallest absolute Gasteiger partial charge is 0.349 e. The van der Waals surface area contributed by atoms with Crippen LogP contribution >= 0.6 is 11.6 Å². The summed E-state index contributed by atoms with van der Waals surface area (Å²) in [6, 6.07) is 18.3. The number of amidine groups is 1. The Kier molecular flexibility index (Phi) is 5.67. The molecule has 0 amide bonds. The molecule has 9 heteroatoms. The number of hydrogen-bond acceptors (Lipinski definition) is 6. The van der Waals surface area contributed by atoms with Gasteiger partial charge in [0.2, 0.25) is 0 Å². The fraction of sp³-hybridized carbons (Fsp3) is 0.0909. The van der Waals surface area contributed by atoms with Crippen molar-refractivity contribution < 1.29 is 22.7 Å². The first kappa shape index (κ1) is 20.9. The summed E-state index contributed by atoms with van der Waals surface area (Å²) in [6.07, 6.45) is 0. The number of aryl methyl sites for hydroxylation is 1. The average molecular weight is 457 g/mol. The van der Waals surface area contributed by atoms with Crippen LogP contribution in [0, 0.1) is 6.92 Å². The zero-order valence-electron chi connectivity index (χ0n) is 16.3. The standard InChI is InChI=1S/C22H17ClN2O5S/c1-14-5-4-6-16(11-14)29-13-21(26)30-19-10-9-15(23)12-18(19)24-22-17-7-2-3-8-20(17)31(27,28)25-22/h2-12H,13H2,1H3,(H,24,25). The predicted octanol–water partition coefficient (Wildman–Crippen LogP) is 4.19. The Bertz CT molecular complexity index is 1300. The molecule has 0 aliphatic carbocycles. The van der Waals surface area contributed by atoms with Crippen LogP contribution < -0.4 is 14.8 Å². The van der Waals surface area contributed by atoms with Gasteiger partial charge in [0.1, 0.15) is 10.6 Å². The number of hydrogen-bond donors (Lipinski definition) is 1. The zero-order chi connectivity index (χ0) is 22.0. The highest BCUT2D eigenvalue weighted by atomic mass is 35.5. The molecular weight excluding hydrogens is 440 g/mol. The lowest BCUT2D eigenvalue weighted by Crippen LogP contribution is -2.19. The molecule has 0 saturated heterocycles. The van der Waals surface area contributed by atoms with Crippen molar-refractivity contribution in [2.75, 3.05) is 11.9 Å². The van der Waals surface area contributed by atoms with Crippen LogP contribution in [-0.2, 0) is 14.8 Å². The van der Waals surface area contributed by atoms with Crippen LogP contribution in [0.2, 0.25) is 5.02 Å².